The van der Waals surface area contributed by atoms with Crippen LogP contribution in [0.5, 0.6) is 0 Å². The summed E-state index contributed by atoms with van der Waals surface area (Å²) in [4.78, 5) is 2.42. The lowest BCUT2D eigenvalue weighted by molar-refractivity contribution is 0.332. The third-order valence-electron chi connectivity index (χ3n) is 11.4. The molecule has 1 aromatic heterocycles. The van der Waals surface area contributed by atoms with Crippen molar-refractivity contribution in [3.63, 3.8) is 0 Å². The molecule has 7 aromatic carbocycles. The van der Waals surface area contributed by atoms with Gasteiger partial charge < -0.3 is 4.90 Å². The Morgan fingerprint density at radius 1 is 0.423 bits per heavy atom. The van der Waals surface area contributed by atoms with E-state index in [2.05, 4.69) is 196 Å². The molecule has 0 amide bonds. The van der Waals surface area contributed by atoms with E-state index in [9.17, 15) is 0 Å². The van der Waals surface area contributed by atoms with Crippen LogP contribution in [0.2, 0.25) is 0 Å². The van der Waals surface area contributed by atoms with E-state index in [1.54, 1.807) is 0 Å². The molecule has 0 atom stereocenters. The largest absolute Gasteiger partial charge is 0.310 e. The first-order valence-electron chi connectivity index (χ1n) is 18.5. The lowest BCUT2D eigenvalue weighted by atomic mass is 9.63. The van der Waals surface area contributed by atoms with E-state index in [0.29, 0.717) is 0 Å². The van der Waals surface area contributed by atoms with Gasteiger partial charge in [0.05, 0.1) is 5.69 Å². The minimum Gasteiger partial charge on any atom is -0.310 e. The van der Waals surface area contributed by atoms with Gasteiger partial charge in [-0.05, 0) is 111 Å². The Kier molecular flexibility index (Phi) is 7.90. The van der Waals surface area contributed by atoms with Gasteiger partial charge in [-0.2, -0.15) is 0 Å². The van der Waals surface area contributed by atoms with Gasteiger partial charge in [-0.3, -0.25) is 0 Å². The fourth-order valence-electron chi connectivity index (χ4n) is 8.23. The maximum atomic E-state index is 2.46. The maximum Gasteiger partial charge on any atom is 0.0554 e. The predicted molar refractivity (Wildman–Crippen MR) is 226 cm³/mol. The topological polar surface area (TPSA) is 3.24 Å². The van der Waals surface area contributed by atoms with Crippen molar-refractivity contribution in [1.29, 1.82) is 0 Å². The molecule has 0 unspecified atom stereocenters. The zero-order chi connectivity index (χ0) is 35.5. The number of rotatable bonds is 6. The highest BCUT2D eigenvalue weighted by Crippen LogP contribution is 2.48. The lowest BCUT2D eigenvalue weighted by Crippen LogP contribution is -2.33. The fraction of sp³-hybridized carbons (Fsp3) is 0.160. The Morgan fingerprint density at radius 3 is 1.54 bits per heavy atom. The first-order valence-corrected chi connectivity index (χ1v) is 19.3. The summed E-state index contributed by atoms with van der Waals surface area (Å²) in [5.74, 6) is 0. The van der Waals surface area contributed by atoms with E-state index in [1.807, 2.05) is 11.3 Å². The summed E-state index contributed by atoms with van der Waals surface area (Å²) in [6, 6.07) is 60.5. The molecular weight excluding hydrogens is 647 g/mol. The van der Waals surface area contributed by atoms with Crippen molar-refractivity contribution < 1.29 is 0 Å². The van der Waals surface area contributed by atoms with Gasteiger partial charge in [0.1, 0.15) is 0 Å². The van der Waals surface area contributed by atoms with Crippen molar-refractivity contribution in [3.05, 3.63) is 175 Å². The molecule has 2 heteroatoms. The van der Waals surface area contributed by atoms with E-state index in [1.165, 1.54) is 83.2 Å². The van der Waals surface area contributed by atoms with Gasteiger partial charge in [-0.25, -0.2) is 0 Å². The molecule has 1 aliphatic carbocycles. The zero-order valence-corrected chi connectivity index (χ0v) is 31.2. The third kappa shape index (κ3) is 5.72. The van der Waals surface area contributed by atoms with E-state index in [0.717, 1.165) is 11.4 Å². The second kappa shape index (κ2) is 12.7. The molecule has 0 N–H and O–H groups in total. The number of nitrogens with zero attached hydrogens (tertiary/aromatic N) is 1. The number of anilines is 3. The number of benzene rings is 7. The van der Waals surface area contributed by atoms with Gasteiger partial charge in [0.15, 0.2) is 0 Å². The van der Waals surface area contributed by atoms with E-state index < -0.39 is 0 Å². The second-order valence-corrected chi connectivity index (χ2v) is 16.7. The normalized spacial score (nSPS) is 14.7. The molecule has 52 heavy (non-hydrogen) atoms. The first-order chi connectivity index (χ1) is 25.2. The standard InChI is InChI=1S/C50H43NS/c1-49(2)31-32-50(3,4)44-33-39(25-30-43(44)49)38-19-17-35(18-20-38)37-23-28-41(29-24-37)51(40-26-21-36(22-27-40)34-11-6-5-7-12-34)45-14-10-16-47-48(45)42-13-8-9-15-46(42)52-47/h5-30,33H,31-32H2,1-4H3. The van der Waals surface area contributed by atoms with Crippen LogP contribution in [0.25, 0.3) is 53.6 Å². The van der Waals surface area contributed by atoms with Crippen LogP contribution in [-0.2, 0) is 10.8 Å². The lowest BCUT2D eigenvalue weighted by Gasteiger charge is -2.42. The van der Waals surface area contributed by atoms with E-state index >= 15 is 0 Å². The van der Waals surface area contributed by atoms with Crippen LogP contribution in [0.1, 0.15) is 51.7 Å². The van der Waals surface area contributed by atoms with Crippen molar-refractivity contribution in [2.24, 2.45) is 0 Å². The summed E-state index contributed by atoms with van der Waals surface area (Å²) in [5, 5.41) is 2.59. The van der Waals surface area contributed by atoms with Crippen LogP contribution in [0.3, 0.4) is 0 Å². The maximum absolute atomic E-state index is 2.46. The van der Waals surface area contributed by atoms with Crippen molar-refractivity contribution in [3.8, 4) is 33.4 Å². The predicted octanol–water partition coefficient (Wildman–Crippen LogP) is 14.9. The summed E-state index contributed by atoms with van der Waals surface area (Å²) >= 11 is 1.86. The molecular formula is C50H43NS. The Balaban J connectivity index is 1.08. The monoisotopic (exact) mass is 689 g/mol. The van der Waals surface area contributed by atoms with Crippen LogP contribution in [0.4, 0.5) is 17.1 Å². The molecule has 0 saturated carbocycles. The Bertz CT molecular complexity index is 2540. The molecule has 0 spiro atoms. The molecule has 0 saturated heterocycles. The van der Waals surface area contributed by atoms with E-state index in [-0.39, 0.29) is 10.8 Å². The molecule has 1 aliphatic rings. The summed E-state index contributed by atoms with van der Waals surface area (Å²) < 4.78 is 2.61. The van der Waals surface area contributed by atoms with Crippen molar-refractivity contribution in [2.45, 2.75) is 51.4 Å². The van der Waals surface area contributed by atoms with Gasteiger partial charge in [-0.15, -0.1) is 11.3 Å². The quantitative estimate of drug-likeness (QED) is 0.168. The third-order valence-corrected chi connectivity index (χ3v) is 12.5. The highest BCUT2D eigenvalue weighted by atomic mass is 32.1. The van der Waals surface area contributed by atoms with Crippen molar-refractivity contribution in [1.82, 2.24) is 0 Å². The Morgan fingerprint density at radius 2 is 0.904 bits per heavy atom. The van der Waals surface area contributed by atoms with Gasteiger partial charge in [0, 0.05) is 31.5 Å². The molecule has 254 valence electrons. The minimum atomic E-state index is 0.197. The smallest absolute Gasteiger partial charge is 0.0554 e. The number of fused-ring (bicyclic) bond motifs is 4. The highest BCUT2D eigenvalue weighted by Gasteiger charge is 2.37. The van der Waals surface area contributed by atoms with Crippen LogP contribution in [0, 0.1) is 0 Å². The van der Waals surface area contributed by atoms with Crippen LogP contribution in [-0.4, -0.2) is 0 Å². The SMILES string of the molecule is CC1(C)CCC(C)(C)c2cc(-c3ccc(-c4ccc(N(c5ccc(-c6ccccc6)cc5)c5cccc6sc7ccccc7c56)cc4)cc3)ccc21. The van der Waals surface area contributed by atoms with Crippen LogP contribution >= 0.6 is 11.3 Å². The molecule has 1 heterocycles. The minimum absolute atomic E-state index is 0.197. The fourth-order valence-corrected chi connectivity index (χ4v) is 9.36. The molecule has 9 rings (SSSR count). The Labute approximate surface area is 311 Å². The zero-order valence-electron chi connectivity index (χ0n) is 30.4. The molecule has 0 bridgehead atoms. The molecule has 0 fully saturated rings. The second-order valence-electron chi connectivity index (χ2n) is 15.6. The summed E-state index contributed by atoms with van der Waals surface area (Å²) in [7, 11) is 0. The van der Waals surface area contributed by atoms with Gasteiger partial charge in [-0.1, -0.05) is 149 Å². The molecule has 0 radical (unpaired) electrons. The number of hydrogen-bond acceptors (Lipinski definition) is 2. The summed E-state index contributed by atoms with van der Waals surface area (Å²) in [5.41, 5.74) is 14.3. The molecule has 1 nitrogen and oxygen atoms in total. The molecule has 0 aliphatic heterocycles. The average molecular weight is 690 g/mol. The Hall–Kier alpha value is -5.44. The van der Waals surface area contributed by atoms with E-state index in [4.69, 9.17) is 0 Å². The average Bonchev–Trinajstić information content (AvgIpc) is 3.57. The van der Waals surface area contributed by atoms with Gasteiger partial charge >= 0.3 is 0 Å². The van der Waals surface area contributed by atoms with Gasteiger partial charge in [0.2, 0.25) is 0 Å². The number of hydrogen-bond donors (Lipinski definition) is 0. The highest BCUT2D eigenvalue weighted by molar-refractivity contribution is 7.26. The van der Waals surface area contributed by atoms with Crippen LogP contribution in [0.15, 0.2) is 164 Å². The summed E-state index contributed by atoms with van der Waals surface area (Å²) in [6.07, 6.45) is 2.46. The number of thiophene rings is 1. The molecule has 8 aromatic rings. The van der Waals surface area contributed by atoms with Crippen molar-refractivity contribution in [2.75, 3.05) is 4.90 Å². The van der Waals surface area contributed by atoms with Crippen LogP contribution < -0.4 is 4.90 Å². The summed E-state index contributed by atoms with van der Waals surface area (Å²) in [6.45, 7) is 9.60. The van der Waals surface area contributed by atoms with Crippen molar-refractivity contribution >= 4 is 48.6 Å². The van der Waals surface area contributed by atoms with Gasteiger partial charge in [0.25, 0.3) is 0 Å². The first kappa shape index (κ1) is 32.5.